The number of rotatable bonds is 6. The van der Waals surface area contributed by atoms with Gasteiger partial charge in [0.05, 0.1) is 12.8 Å². The first-order chi connectivity index (χ1) is 12.3. The molecule has 0 saturated carbocycles. The largest absolute Gasteiger partial charge is 0.495 e. The molecule has 2 aromatic rings. The fourth-order valence-corrected chi connectivity index (χ4v) is 2.80. The normalized spacial score (nSPS) is 10.3. The molecule has 0 bridgehead atoms. The molecule has 1 N–H and O–H groups in total. The van der Waals surface area contributed by atoms with Gasteiger partial charge >= 0.3 is 0 Å². The van der Waals surface area contributed by atoms with Crippen molar-refractivity contribution in [2.24, 2.45) is 0 Å². The molecule has 0 atom stereocenters. The summed E-state index contributed by atoms with van der Waals surface area (Å²) in [5.74, 6) is 0.176. The average Bonchev–Trinajstić information content (AvgIpc) is 2.59. The molecule has 0 aliphatic rings. The van der Waals surface area contributed by atoms with Gasteiger partial charge in [-0.05, 0) is 49.2 Å². The molecule has 0 aromatic heterocycles. The van der Waals surface area contributed by atoms with E-state index in [2.05, 4.69) is 5.32 Å². The van der Waals surface area contributed by atoms with Crippen molar-refractivity contribution < 1.29 is 14.3 Å². The minimum absolute atomic E-state index is 0.155. The summed E-state index contributed by atoms with van der Waals surface area (Å²) in [5.41, 5.74) is 3.47. The van der Waals surface area contributed by atoms with Crippen molar-refractivity contribution in [3.05, 3.63) is 52.5 Å². The quantitative estimate of drug-likeness (QED) is 0.817. The summed E-state index contributed by atoms with van der Waals surface area (Å²) in [5, 5.41) is 3.40. The first-order valence-electron chi connectivity index (χ1n) is 8.31. The first kappa shape index (κ1) is 19.8. The Kier molecular flexibility index (Phi) is 6.64. The third kappa shape index (κ3) is 4.76. The van der Waals surface area contributed by atoms with Gasteiger partial charge in [0.1, 0.15) is 5.75 Å². The Hall–Kier alpha value is -2.53. The van der Waals surface area contributed by atoms with Crippen molar-refractivity contribution >= 4 is 34.8 Å². The monoisotopic (exact) mass is 374 g/mol. The van der Waals surface area contributed by atoms with Gasteiger partial charge in [-0.2, -0.15) is 0 Å². The van der Waals surface area contributed by atoms with E-state index in [4.69, 9.17) is 16.3 Å². The molecular formula is C20H23ClN2O3. The highest BCUT2D eigenvalue weighted by molar-refractivity contribution is 6.31. The maximum atomic E-state index is 12.3. The number of nitrogens with zero attached hydrogens (tertiary/aromatic N) is 1. The average molecular weight is 375 g/mol. The molecule has 2 rings (SSSR count). The van der Waals surface area contributed by atoms with Crippen LogP contribution in [0, 0.1) is 13.8 Å². The lowest BCUT2D eigenvalue weighted by Crippen LogP contribution is -2.32. The van der Waals surface area contributed by atoms with Crippen molar-refractivity contribution in [1.29, 1.82) is 0 Å². The highest BCUT2D eigenvalue weighted by Crippen LogP contribution is 2.31. The van der Waals surface area contributed by atoms with E-state index in [0.29, 0.717) is 16.5 Å². The lowest BCUT2D eigenvalue weighted by Gasteiger charge is -2.23. The topological polar surface area (TPSA) is 58.6 Å². The molecule has 26 heavy (non-hydrogen) atoms. The molecule has 0 heterocycles. The van der Waals surface area contributed by atoms with Crippen LogP contribution in [0.1, 0.15) is 24.5 Å². The Labute approximate surface area is 158 Å². The zero-order valence-electron chi connectivity index (χ0n) is 15.4. The van der Waals surface area contributed by atoms with E-state index >= 15 is 0 Å². The van der Waals surface area contributed by atoms with E-state index in [9.17, 15) is 9.59 Å². The van der Waals surface area contributed by atoms with Gasteiger partial charge in [0.25, 0.3) is 0 Å². The van der Waals surface area contributed by atoms with Crippen LogP contribution in [0.2, 0.25) is 5.02 Å². The van der Waals surface area contributed by atoms with Crippen LogP contribution >= 0.6 is 11.6 Å². The third-order valence-electron chi connectivity index (χ3n) is 4.25. The van der Waals surface area contributed by atoms with E-state index in [1.807, 2.05) is 32.0 Å². The van der Waals surface area contributed by atoms with Crippen molar-refractivity contribution in [3.63, 3.8) is 0 Å². The van der Waals surface area contributed by atoms with Crippen LogP contribution < -0.4 is 15.0 Å². The highest BCUT2D eigenvalue weighted by atomic mass is 35.5. The second kappa shape index (κ2) is 8.72. The second-order valence-electron chi connectivity index (χ2n) is 6.03. The lowest BCUT2D eigenvalue weighted by molar-refractivity contribution is -0.117. The van der Waals surface area contributed by atoms with Gasteiger partial charge in [0.2, 0.25) is 11.8 Å². The number of carbonyl (C=O) groups excluding carboxylic acids is 2. The van der Waals surface area contributed by atoms with E-state index in [1.165, 1.54) is 18.9 Å². The fourth-order valence-electron chi connectivity index (χ4n) is 2.63. The zero-order valence-corrected chi connectivity index (χ0v) is 16.2. The number of halogens is 1. The number of benzene rings is 2. The predicted octanol–water partition coefficient (Wildman–Crippen LogP) is 4.35. The summed E-state index contributed by atoms with van der Waals surface area (Å²) in [6.07, 6.45) is 0.155. The summed E-state index contributed by atoms with van der Waals surface area (Å²) in [6, 6.07) is 10.8. The fraction of sp³-hybridized carbons (Fsp3) is 0.300. The molecule has 0 fully saturated rings. The molecule has 0 spiro atoms. The van der Waals surface area contributed by atoms with Crippen LogP contribution in [0.15, 0.2) is 36.4 Å². The highest BCUT2D eigenvalue weighted by Gasteiger charge is 2.18. The summed E-state index contributed by atoms with van der Waals surface area (Å²) in [6.45, 7) is 5.63. The number of methoxy groups -OCH3 is 1. The van der Waals surface area contributed by atoms with Gasteiger partial charge in [-0.3, -0.25) is 9.59 Å². The van der Waals surface area contributed by atoms with Gasteiger partial charge in [-0.25, -0.2) is 0 Å². The Morgan fingerprint density at radius 3 is 2.58 bits per heavy atom. The molecule has 0 aliphatic heterocycles. The maximum Gasteiger partial charge on any atom is 0.226 e. The minimum Gasteiger partial charge on any atom is -0.495 e. The van der Waals surface area contributed by atoms with Crippen LogP contribution in [-0.2, 0) is 9.59 Å². The SMILES string of the molecule is COc1ccc(Cl)cc1N(CCC(=O)Nc1cccc(C)c1C)C(C)=O. The predicted molar refractivity (Wildman–Crippen MR) is 105 cm³/mol. The number of aryl methyl sites for hydroxylation is 1. The summed E-state index contributed by atoms with van der Waals surface area (Å²) in [7, 11) is 1.53. The van der Waals surface area contributed by atoms with Gasteiger partial charge in [-0.1, -0.05) is 23.7 Å². The molecule has 0 radical (unpaired) electrons. The lowest BCUT2D eigenvalue weighted by atomic mass is 10.1. The van der Waals surface area contributed by atoms with Crippen molar-refractivity contribution in [3.8, 4) is 5.75 Å². The van der Waals surface area contributed by atoms with Crippen LogP contribution in [0.4, 0.5) is 11.4 Å². The number of carbonyl (C=O) groups is 2. The number of hydrogen-bond donors (Lipinski definition) is 1. The van der Waals surface area contributed by atoms with Crippen molar-refractivity contribution in [2.75, 3.05) is 23.9 Å². The van der Waals surface area contributed by atoms with Gasteiger partial charge in [0.15, 0.2) is 0 Å². The van der Waals surface area contributed by atoms with E-state index in [0.717, 1.165) is 16.8 Å². The number of ether oxygens (including phenoxy) is 1. The number of hydrogen-bond acceptors (Lipinski definition) is 3. The van der Waals surface area contributed by atoms with E-state index in [1.54, 1.807) is 18.2 Å². The second-order valence-corrected chi connectivity index (χ2v) is 6.47. The molecule has 0 unspecified atom stereocenters. The van der Waals surface area contributed by atoms with Gasteiger partial charge < -0.3 is 15.0 Å². The Morgan fingerprint density at radius 1 is 1.19 bits per heavy atom. The smallest absolute Gasteiger partial charge is 0.226 e. The Morgan fingerprint density at radius 2 is 1.92 bits per heavy atom. The Balaban J connectivity index is 2.12. The van der Waals surface area contributed by atoms with Crippen LogP contribution in [0.5, 0.6) is 5.75 Å². The van der Waals surface area contributed by atoms with E-state index < -0.39 is 0 Å². The Bertz CT molecular complexity index is 821. The maximum absolute atomic E-state index is 12.3. The van der Waals surface area contributed by atoms with Crippen molar-refractivity contribution in [1.82, 2.24) is 0 Å². The summed E-state index contributed by atoms with van der Waals surface area (Å²) >= 11 is 6.05. The standard InChI is InChI=1S/C20H23ClN2O3/c1-13-6-5-7-17(14(13)2)22-20(25)10-11-23(15(3)24)18-12-16(21)8-9-19(18)26-4/h5-9,12H,10-11H2,1-4H3,(H,22,25). The molecule has 5 nitrogen and oxygen atoms in total. The first-order valence-corrected chi connectivity index (χ1v) is 8.69. The molecular weight excluding hydrogens is 352 g/mol. The number of anilines is 2. The molecule has 0 saturated heterocycles. The minimum atomic E-state index is -0.190. The van der Waals surface area contributed by atoms with Crippen LogP contribution in [0.25, 0.3) is 0 Å². The third-order valence-corrected chi connectivity index (χ3v) is 4.49. The van der Waals surface area contributed by atoms with Crippen LogP contribution in [-0.4, -0.2) is 25.5 Å². The number of nitrogens with one attached hydrogen (secondary N) is 1. The molecule has 2 amide bonds. The molecule has 0 aliphatic carbocycles. The van der Waals surface area contributed by atoms with Gasteiger partial charge in [-0.15, -0.1) is 0 Å². The van der Waals surface area contributed by atoms with Crippen LogP contribution in [0.3, 0.4) is 0 Å². The summed E-state index contributed by atoms with van der Waals surface area (Å²) in [4.78, 5) is 25.9. The number of amides is 2. The van der Waals surface area contributed by atoms with Crippen molar-refractivity contribution in [2.45, 2.75) is 27.2 Å². The molecule has 6 heteroatoms. The van der Waals surface area contributed by atoms with E-state index in [-0.39, 0.29) is 24.8 Å². The summed E-state index contributed by atoms with van der Waals surface area (Å²) < 4.78 is 5.31. The van der Waals surface area contributed by atoms with Gasteiger partial charge in [0, 0.05) is 30.6 Å². The molecule has 2 aromatic carbocycles. The molecule has 138 valence electrons. The zero-order chi connectivity index (χ0) is 19.3.